The number of aryl methyl sites for hydroxylation is 1. The number of piperidine rings is 1. The predicted molar refractivity (Wildman–Crippen MR) is 159 cm³/mol. The number of rotatable bonds is 8. The largest absolute Gasteiger partial charge is 0.466 e. The van der Waals surface area contributed by atoms with Gasteiger partial charge in [0.05, 0.1) is 42.9 Å². The number of hydrogen-bond acceptors (Lipinski definition) is 8. The van der Waals surface area contributed by atoms with Crippen molar-refractivity contribution in [3.63, 3.8) is 0 Å². The lowest BCUT2D eigenvalue weighted by Crippen LogP contribution is -2.44. The molecule has 3 aliphatic rings. The van der Waals surface area contributed by atoms with Gasteiger partial charge in [-0.2, -0.15) is 0 Å². The van der Waals surface area contributed by atoms with Crippen LogP contribution in [0.2, 0.25) is 0 Å². The second kappa shape index (κ2) is 12.8. The van der Waals surface area contributed by atoms with E-state index >= 15 is 0 Å². The number of fused-ring (bicyclic) bond motifs is 1. The first-order valence-electron chi connectivity index (χ1n) is 14.1. The number of carbonyl (C=O) groups excluding carboxylic acids is 3. The van der Waals surface area contributed by atoms with E-state index in [2.05, 4.69) is 0 Å². The molecule has 2 atom stereocenters. The molecule has 0 unspecified atom stereocenters. The molecule has 0 bridgehead atoms. The van der Waals surface area contributed by atoms with Crippen molar-refractivity contribution in [1.29, 1.82) is 0 Å². The molecule has 5 rings (SSSR count). The minimum Gasteiger partial charge on any atom is -0.466 e. The maximum absolute atomic E-state index is 13.6. The number of aliphatic imine (C=N–C) groups is 1. The molecule has 1 saturated heterocycles. The Kier molecular flexibility index (Phi) is 8.93. The van der Waals surface area contributed by atoms with Gasteiger partial charge in [0.15, 0.2) is 5.17 Å². The number of carbonyl (C=O) groups is 3. The fourth-order valence-corrected chi connectivity index (χ4v) is 6.39. The Morgan fingerprint density at radius 1 is 1.00 bits per heavy atom. The molecule has 9 heteroatoms. The van der Waals surface area contributed by atoms with Crippen LogP contribution >= 0.6 is 11.8 Å². The number of ether oxygens (including phenoxy) is 2. The van der Waals surface area contributed by atoms with Crippen LogP contribution < -0.4 is 0 Å². The lowest BCUT2D eigenvalue weighted by atomic mass is 9.91. The number of benzene rings is 2. The standard InChI is InChI=1S/C32H35N3O5S/c1-4-39-30(37)24-12-9-17-34(19-24)26(36)18-25-20-41-32-33-28(22-10-7-6-8-11-22)27(31(38)40-5-2)29(35(25)32)23-15-13-21(3)14-16-23/h6-8,10-11,13-16,20,24,29H,4-5,9,12,17-19H2,1-3H3/t24-,29+/m1/s1. The summed E-state index contributed by atoms with van der Waals surface area (Å²) in [6.07, 6.45) is 1.60. The summed E-state index contributed by atoms with van der Waals surface area (Å²) in [7, 11) is 0. The topological polar surface area (TPSA) is 88.5 Å². The van der Waals surface area contributed by atoms with Crippen LogP contribution in [-0.2, 0) is 23.9 Å². The van der Waals surface area contributed by atoms with E-state index in [1.165, 1.54) is 11.8 Å². The van der Waals surface area contributed by atoms with Crippen LogP contribution in [0.25, 0.3) is 5.70 Å². The fourth-order valence-electron chi connectivity index (χ4n) is 5.48. The van der Waals surface area contributed by atoms with Crippen molar-refractivity contribution in [3.05, 3.63) is 88.0 Å². The van der Waals surface area contributed by atoms with E-state index < -0.39 is 12.0 Å². The van der Waals surface area contributed by atoms with Crippen LogP contribution in [-0.4, -0.2) is 59.1 Å². The first kappa shape index (κ1) is 28.7. The first-order chi connectivity index (χ1) is 19.9. The third-order valence-electron chi connectivity index (χ3n) is 7.47. The fraction of sp³-hybridized carbons (Fsp3) is 0.375. The summed E-state index contributed by atoms with van der Waals surface area (Å²) >= 11 is 1.44. The van der Waals surface area contributed by atoms with Gasteiger partial charge in [-0.25, -0.2) is 9.79 Å². The molecule has 1 amide bonds. The lowest BCUT2D eigenvalue weighted by molar-refractivity contribution is -0.151. The van der Waals surface area contributed by atoms with E-state index in [-0.39, 0.29) is 30.8 Å². The number of amides is 1. The number of nitrogens with zero attached hydrogens (tertiary/aromatic N) is 3. The van der Waals surface area contributed by atoms with Gasteiger partial charge < -0.3 is 19.3 Å². The van der Waals surface area contributed by atoms with Crippen LogP contribution in [0.1, 0.15) is 55.8 Å². The molecule has 3 aliphatic heterocycles. The van der Waals surface area contributed by atoms with Gasteiger partial charge >= 0.3 is 11.9 Å². The van der Waals surface area contributed by atoms with Gasteiger partial charge in [0, 0.05) is 24.4 Å². The van der Waals surface area contributed by atoms with Crippen molar-refractivity contribution in [3.8, 4) is 0 Å². The van der Waals surface area contributed by atoms with Crippen molar-refractivity contribution in [2.75, 3.05) is 26.3 Å². The van der Waals surface area contributed by atoms with E-state index in [4.69, 9.17) is 14.5 Å². The summed E-state index contributed by atoms with van der Waals surface area (Å²) < 4.78 is 10.8. The molecular formula is C32H35N3O5S. The van der Waals surface area contributed by atoms with Gasteiger partial charge in [-0.05, 0) is 44.6 Å². The molecule has 8 nitrogen and oxygen atoms in total. The monoisotopic (exact) mass is 573 g/mol. The Bertz CT molecular complexity index is 1400. The summed E-state index contributed by atoms with van der Waals surface area (Å²) in [5.41, 5.74) is 4.60. The second-order valence-electron chi connectivity index (χ2n) is 10.3. The average molecular weight is 574 g/mol. The minimum absolute atomic E-state index is 0.0646. The van der Waals surface area contributed by atoms with Gasteiger partial charge in [-0.15, -0.1) is 0 Å². The van der Waals surface area contributed by atoms with Gasteiger partial charge in [0.1, 0.15) is 0 Å². The molecule has 1 fully saturated rings. The number of hydrogen-bond donors (Lipinski definition) is 0. The van der Waals surface area contributed by atoms with Gasteiger partial charge in [0.25, 0.3) is 0 Å². The first-order valence-corrected chi connectivity index (χ1v) is 15.0. The summed E-state index contributed by atoms with van der Waals surface area (Å²) in [4.78, 5) is 48.3. The van der Waals surface area contributed by atoms with E-state index in [1.807, 2.05) is 71.8 Å². The second-order valence-corrected chi connectivity index (χ2v) is 11.1. The number of likely N-dealkylation sites (tertiary alicyclic amines) is 1. The highest BCUT2D eigenvalue weighted by Crippen LogP contribution is 2.47. The molecule has 2 aromatic rings. The minimum atomic E-state index is -0.528. The Balaban J connectivity index is 1.50. The number of esters is 2. The van der Waals surface area contributed by atoms with Crippen molar-refractivity contribution >= 4 is 40.5 Å². The Morgan fingerprint density at radius 2 is 1.73 bits per heavy atom. The predicted octanol–water partition coefficient (Wildman–Crippen LogP) is 5.46. The average Bonchev–Trinajstić information content (AvgIpc) is 3.39. The zero-order chi connectivity index (χ0) is 28.9. The highest BCUT2D eigenvalue weighted by molar-refractivity contribution is 8.16. The SMILES string of the molecule is CCOC(=O)C1=C(c2ccccc2)N=C2SC=C(CC(=O)N3CCC[C@@H](C(=O)OCC)C3)N2[C@H]1c1ccc(C)cc1. The summed E-state index contributed by atoms with van der Waals surface area (Å²) in [5.74, 6) is -1.05. The van der Waals surface area contributed by atoms with Crippen molar-refractivity contribution in [1.82, 2.24) is 9.80 Å². The molecule has 0 spiro atoms. The quantitative estimate of drug-likeness (QED) is 0.388. The molecule has 0 radical (unpaired) electrons. The third-order valence-corrected chi connectivity index (χ3v) is 8.36. The van der Waals surface area contributed by atoms with Crippen molar-refractivity contribution < 1.29 is 23.9 Å². The summed E-state index contributed by atoms with van der Waals surface area (Å²) in [5, 5.41) is 2.65. The van der Waals surface area contributed by atoms with Crippen LogP contribution in [0.15, 0.2) is 76.3 Å². The Morgan fingerprint density at radius 3 is 2.44 bits per heavy atom. The molecule has 3 heterocycles. The highest BCUT2D eigenvalue weighted by atomic mass is 32.2. The zero-order valence-corrected chi connectivity index (χ0v) is 24.5. The molecule has 214 valence electrons. The van der Waals surface area contributed by atoms with Crippen LogP contribution in [0.4, 0.5) is 0 Å². The summed E-state index contributed by atoms with van der Waals surface area (Å²) in [6, 6.07) is 17.2. The third kappa shape index (κ3) is 6.10. The van der Waals surface area contributed by atoms with E-state index in [1.54, 1.807) is 18.7 Å². The highest BCUT2D eigenvalue weighted by Gasteiger charge is 2.43. The normalized spacial score (nSPS) is 20.3. The van der Waals surface area contributed by atoms with Gasteiger partial charge in [-0.3, -0.25) is 9.59 Å². The summed E-state index contributed by atoms with van der Waals surface area (Å²) in [6.45, 7) is 7.11. The van der Waals surface area contributed by atoms with E-state index in [9.17, 15) is 14.4 Å². The zero-order valence-electron chi connectivity index (χ0n) is 23.7. The molecular weight excluding hydrogens is 538 g/mol. The van der Waals surface area contributed by atoms with Crippen LogP contribution in [0.5, 0.6) is 0 Å². The molecule has 2 aromatic carbocycles. The Hall–Kier alpha value is -3.85. The van der Waals surface area contributed by atoms with Crippen LogP contribution in [0.3, 0.4) is 0 Å². The van der Waals surface area contributed by atoms with Gasteiger partial charge in [0.2, 0.25) is 5.91 Å². The van der Waals surface area contributed by atoms with E-state index in [0.717, 1.165) is 35.2 Å². The van der Waals surface area contributed by atoms with Gasteiger partial charge in [-0.1, -0.05) is 71.9 Å². The van der Waals surface area contributed by atoms with E-state index in [0.29, 0.717) is 36.1 Å². The molecule has 41 heavy (non-hydrogen) atoms. The maximum Gasteiger partial charge on any atom is 0.338 e. The van der Waals surface area contributed by atoms with Crippen molar-refractivity contribution in [2.45, 2.75) is 46.1 Å². The molecule has 0 aromatic heterocycles. The Labute approximate surface area is 245 Å². The maximum atomic E-state index is 13.6. The number of thioether (sulfide) groups is 1. The van der Waals surface area contributed by atoms with Crippen LogP contribution in [0, 0.1) is 12.8 Å². The molecule has 0 saturated carbocycles. The number of amidine groups is 1. The molecule has 0 N–H and O–H groups in total. The molecule has 0 aliphatic carbocycles. The smallest absolute Gasteiger partial charge is 0.338 e. The lowest BCUT2D eigenvalue weighted by Gasteiger charge is -2.37. The van der Waals surface area contributed by atoms with Crippen molar-refractivity contribution in [2.24, 2.45) is 10.9 Å².